The summed E-state index contributed by atoms with van der Waals surface area (Å²) in [6.45, 7) is 0. The number of thiophene rings is 1. The minimum atomic E-state index is 1.19. The van der Waals surface area contributed by atoms with Gasteiger partial charge in [-0.3, -0.25) is 0 Å². The van der Waals surface area contributed by atoms with Gasteiger partial charge < -0.3 is 0 Å². The molecule has 0 saturated heterocycles. The molecule has 3 aromatic rings. The van der Waals surface area contributed by atoms with Gasteiger partial charge in [0.05, 0.1) is 0 Å². The van der Waals surface area contributed by atoms with Crippen LogP contribution in [-0.2, 0) is 6.42 Å². The molecule has 4 rings (SSSR count). The molecule has 1 heterocycles. The van der Waals surface area contributed by atoms with Crippen LogP contribution in [0.4, 0.5) is 0 Å². The average molecular weight is 262 g/mol. The third kappa shape index (κ3) is 1.82. The van der Waals surface area contributed by atoms with Crippen molar-refractivity contribution in [2.75, 3.05) is 0 Å². The maximum atomic E-state index is 2.33. The molecular formula is C18H14S. The molecule has 0 atom stereocenters. The number of aryl methyl sites for hydroxylation is 1. The smallest absolute Gasteiger partial charge is 0.0358 e. The number of fused-ring (bicyclic) bond motifs is 3. The summed E-state index contributed by atoms with van der Waals surface area (Å²) in [6, 6.07) is 17.5. The van der Waals surface area contributed by atoms with Crippen LogP contribution >= 0.6 is 11.3 Å². The summed E-state index contributed by atoms with van der Waals surface area (Å²) >= 11 is 1.96. The molecule has 0 nitrogen and oxygen atoms in total. The van der Waals surface area contributed by atoms with Gasteiger partial charge in [0.15, 0.2) is 0 Å². The number of allylic oxidation sites excluding steroid dienone is 1. The van der Waals surface area contributed by atoms with Crippen molar-refractivity contribution in [2.24, 2.45) is 0 Å². The third-order valence-corrected chi connectivity index (χ3v) is 4.96. The molecule has 1 aromatic heterocycles. The van der Waals surface area contributed by atoms with Gasteiger partial charge in [0.2, 0.25) is 0 Å². The van der Waals surface area contributed by atoms with E-state index in [0.29, 0.717) is 0 Å². The number of hydrogen-bond acceptors (Lipinski definition) is 1. The Hall–Kier alpha value is -1.86. The van der Waals surface area contributed by atoms with Gasteiger partial charge in [-0.25, -0.2) is 0 Å². The van der Waals surface area contributed by atoms with Gasteiger partial charge in [-0.05, 0) is 41.0 Å². The van der Waals surface area contributed by atoms with Gasteiger partial charge in [0, 0.05) is 9.58 Å². The predicted octanol–water partition coefficient (Wildman–Crippen LogP) is 5.53. The highest BCUT2D eigenvalue weighted by atomic mass is 32.1. The van der Waals surface area contributed by atoms with Crippen molar-refractivity contribution in [3.05, 3.63) is 65.0 Å². The molecule has 2 aromatic carbocycles. The summed E-state index contributed by atoms with van der Waals surface area (Å²) in [5.41, 5.74) is 4.06. The molecule has 0 aliphatic heterocycles. The van der Waals surface area contributed by atoms with Crippen molar-refractivity contribution >= 4 is 27.5 Å². The van der Waals surface area contributed by atoms with Crippen molar-refractivity contribution in [3.8, 4) is 11.1 Å². The molecule has 1 aliphatic rings. The molecule has 1 aliphatic carbocycles. The van der Waals surface area contributed by atoms with E-state index in [9.17, 15) is 0 Å². The zero-order chi connectivity index (χ0) is 12.7. The van der Waals surface area contributed by atoms with Crippen LogP contribution in [-0.4, -0.2) is 0 Å². The first kappa shape index (κ1) is 11.0. The van der Waals surface area contributed by atoms with Gasteiger partial charge >= 0.3 is 0 Å². The summed E-state index contributed by atoms with van der Waals surface area (Å²) < 4.78 is 1.41. The Labute approximate surface area is 117 Å². The lowest BCUT2D eigenvalue weighted by atomic mass is 10.00. The third-order valence-electron chi connectivity index (χ3n) is 3.74. The summed E-state index contributed by atoms with van der Waals surface area (Å²) in [5, 5.41) is 1.41. The fraction of sp³-hybridized carbons (Fsp3) is 0.111. The Morgan fingerprint density at radius 1 is 0.895 bits per heavy atom. The van der Waals surface area contributed by atoms with Crippen molar-refractivity contribution < 1.29 is 0 Å². The molecule has 0 N–H and O–H groups in total. The quantitative estimate of drug-likeness (QED) is 0.541. The SMILES string of the molecule is C1=Cc2c(sc3cc(-c4ccccc4)ccc23)CC1. The summed E-state index contributed by atoms with van der Waals surface area (Å²) in [7, 11) is 0. The Balaban J connectivity index is 1.91. The van der Waals surface area contributed by atoms with Crippen LogP contribution < -0.4 is 0 Å². The lowest BCUT2D eigenvalue weighted by molar-refractivity contribution is 1.02. The van der Waals surface area contributed by atoms with Crippen LogP contribution in [0.5, 0.6) is 0 Å². The second-order valence-corrected chi connectivity index (χ2v) is 6.09. The zero-order valence-corrected chi connectivity index (χ0v) is 11.4. The van der Waals surface area contributed by atoms with E-state index in [1.807, 2.05) is 11.3 Å². The van der Waals surface area contributed by atoms with Gasteiger partial charge in [-0.2, -0.15) is 0 Å². The number of hydrogen-bond donors (Lipinski definition) is 0. The number of rotatable bonds is 1. The van der Waals surface area contributed by atoms with E-state index >= 15 is 0 Å². The van der Waals surface area contributed by atoms with Gasteiger partial charge in [0.25, 0.3) is 0 Å². The minimum absolute atomic E-state index is 1.19. The lowest BCUT2D eigenvalue weighted by Crippen LogP contribution is -1.86. The Bertz CT molecular complexity index is 763. The minimum Gasteiger partial charge on any atom is -0.140 e. The Morgan fingerprint density at radius 3 is 2.68 bits per heavy atom. The second-order valence-electron chi connectivity index (χ2n) is 4.96. The molecule has 0 unspecified atom stereocenters. The van der Waals surface area contributed by atoms with E-state index in [2.05, 4.69) is 60.7 Å². The molecule has 0 radical (unpaired) electrons. The highest BCUT2D eigenvalue weighted by Crippen LogP contribution is 2.37. The highest BCUT2D eigenvalue weighted by molar-refractivity contribution is 7.19. The van der Waals surface area contributed by atoms with Crippen molar-refractivity contribution in [2.45, 2.75) is 12.8 Å². The van der Waals surface area contributed by atoms with Crippen LogP contribution in [0.15, 0.2) is 54.6 Å². The van der Waals surface area contributed by atoms with Crippen LogP contribution in [0.3, 0.4) is 0 Å². The molecule has 19 heavy (non-hydrogen) atoms. The highest BCUT2D eigenvalue weighted by Gasteiger charge is 2.12. The lowest BCUT2D eigenvalue weighted by Gasteiger charge is -2.04. The second kappa shape index (κ2) is 4.36. The molecule has 0 spiro atoms. The van der Waals surface area contributed by atoms with E-state index < -0.39 is 0 Å². The fourth-order valence-corrected chi connectivity index (χ4v) is 4.01. The monoisotopic (exact) mass is 262 g/mol. The molecule has 0 saturated carbocycles. The first-order chi connectivity index (χ1) is 9.42. The normalized spacial score (nSPS) is 13.7. The van der Waals surface area contributed by atoms with Crippen LogP contribution in [0.1, 0.15) is 16.9 Å². The topological polar surface area (TPSA) is 0 Å². The van der Waals surface area contributed by atoms with Crippen LogP contribution in [0.25, 0.3) is 27.3 Å². The zero-order valence-electron chi connectivity index (χ0n) is 10.6. The summed E-state index contributed by atoms with van der Waals surface area (Å²) in [5.74, 6) is 0. The van der Waals surface area contributed by atoms with Gasteiger partial charge in [0.1, 0.15) is 0 Å². The Morgan fingerprint density at radius 2 is 1.79 bits per heavy atom. The van der Waals surface area contributed by atoms with Crippen LogP contribution in [0, 0.1) is 0 Å². The standard InChI is InChI=1S/C18H14S/c1-2-6-13(7-3-1)14-10-11-16-15-8-4-5-9-17(15)19-18(16)12-14/h1-4,6-8,10-12H,5,9H2. The van der Waals surface area contributed by atoms with Crippen molar-refractivity contribution in [1.82, 2.24) is 0 Å². The first-order valence-electron chi connectivity index (χ1n) is 6.69. The molecule has 0 fully saturated rings. The average Bonchev–Trinajstić information content (AvgIpc) is 2.86. The van der Waals surface area contributed by atoms with Crippen molar-refractivity contribution in [1.29, 1.82) is 0 Å². The van der Waals surface area contributed by atoms with Gasteiger partial charge in [-0.1, -0.05) is 54.6 Å². The fourth-order valence-electron chi connectivity index (χ4n) is 2.76. The largest absolute Gasteiger partial charge is 0.140 e. The molecular weight excluding hydrogens is 248 g/mol. The van der Waals surface area contributed by atoms with Crippen LogP contribution in [0.2, 0.25) is 0 Å². The van der Waals surface area contributed by atoms with Crippen molar-refractivity contribution in [3.63, 3.8) is 0 Å². The van der Waals surface area contributed by atoms with E-state index in [0.717, 1.165) is 0 Å². The molecule has 92 valence electrons. The Kier molecular flexibility index (Phi) is 2.52. The number of benzene rings is 2. The summed E-state index contributed by atoms with van der Waals surface area (Å²) in [6.07, 6.45) is 6.97. The maximum Gasteiger partial charge on any atom is 0.0358 e. The van der Waals surface area contributed by atoms with E-state index in [1.54, 1.807) is 4.88 Å². The molecule has 0 amide bonds. The summed E-state index contributed by atoms with van der Waals surface area (Å²) in [4.78, 5) is 1.54. The first-order valence-corrected chi connectivity index (χ1v) is 7.51. The van der Waals surface area contributed by atoms with E-state index in [-0.39, 0.29) is 0 Å². The van der Waals surface area contributed by atoms with E-state index in [1.165, 1.54) is 39.6 Å². The van der Waals surface area contributed by atoms with E-state index in [4.69, 9.17) is 0 Å². The van der Waals surface area contributed by atoms with Gasteiger partial charge in [-0.15, -0.1) is 11.3 Å². The molecule has 1 heteroatoms. The molecule has 0 bridgehead atoms. The predicted molar refractivity (Wildman–Crippen MR) is 84.6 cm³/mol. The maximum absolute atomic E-state index is 2.33.